The molecule has 4 heteroatoms. The Morgan fingerprint density at radius 1 is 1.14 bits per heavy atom. The van der Waals surface area contributed by atoms with Crippen molar-refractivity contribution in [3.63, 3.8) is 0 Å². The minimum atomic E-state index is 0.0951. The maximum atomic E-state index is 8.46. The number of hydrogen-bond donors (Lipinski definition) is 1. The monoisotopic (exact) mass is 289 g/mol. The Kier molecular flexibility index (Phi) is 7.81. The Hall–Kier alpha value is -1.57. The van der Waals surface area contributed by atoms with E-state index in [2.05, 4.69) is 37.9 Å². The fourth-order valence-electron chi connectivity index (χ4n) is 2.37. The highest BCUT2D eigenvalue weighted by Gasteiger charge is 2.11. The van der Waals surface area contributed by atoms with E-state index in [4.69, 9.17) is 10.00 Å². The van der Waals surface area contributed by atoms with Crippen molar-refractivity contribution in [3.8, 4) is 11.8 Å². The highest BCUT2D eigenvalue weighted by molar-refractivity contribution is 5.27. The lowest BCUT2D eigenvalue weighted by Gasteiger charge is -2.30. The first-order chi connectivity index (χ1) is 10.0. The van der Waals surface area contributed by atoms with Gasteiger partial charge in [-0.2, -0.15) is 5.26 Å². The van der Waals surface area contributed by atoms with Gasteiger partial charge in [-0.25, -0.2) is 0 Å². The molecule has 116 valence electrons. The summed E-state index contributed by atoms with van der Waals surface area (Å²) in [5.74, 6) is 0.742. The van der Waals surface area contributed by atoms with E-state index in [0.717, 1.165) is 25.4 Å². The molecule has 0 saturated heterocycles. The molecule has 1 aromatic carbocycles. The van der Waals surface area contributed by atoms with E-state index in [-0.39, 0.29) is 6.61 Å². The average molecular weight is 289 g/mol. The van der Waals surface area contributed by atoms with Gasteiger partial charge in [0, 0.05) is 31.7 Å². The second-order valence-electron chi connectivity index (χ2n) is 5.69. The van der Waals surface area contributed by atoms with Crippen LogP contribution in [0.3, 0.4) is 0 Å². The van der Waals surface area contributed by atoms with E-state index in [1.54, 1.807) is 0 Å². The third kappa shape index (κ3) is 6.61. The third-order valence-corrected chi connectivity index (χ3v) is 3.43. The van der Waals surface area contributed by atoms with Crippen LogP contribution in [0.4, 0.5) is 0 Å². The molecule has 0 aliphatic rings. The lowest BCUT2D eigenvalue weighted by atomic mass is 10.2. The maximum absolute atomic E-state index is 8.46. The Labute approximate surface area is 128 Å². The van der Waals surface area contributed by atoms with Crippen molar-refractivity contribution < 1.29 is 4.74 Å². The summed E-state index contributed by atoms with van der Waals surface area (Å²) < 4.78 is 5.23. The fourth-order valence-corrected chi connectivity index (χ4v) is 2.37. The van der Waals surface area contributed by atoms with Crippen LogP contribution >= 0.6 is 0 Å². The SMILES string of the molecule is CC(C)N(CCNCc1ccc(OCC#N)cc1)C(C)C. The normalized spacial score (nSPS) is 11.1. The Morgan fingerprint density at radius 2 is 1.76 bits per heavy atom. The second-order valence-corrected chi connectivity index (χ2v) is 5.69. The number of benzene rings is 1. The minimum Gasteiger partial charge on any atom is -0.479 e. The summed E-state index contributed by atoms with van der Waals surface area (Å²) in [4.78, 5) is 2.48. The number of nitrogens with zero attached hydrogens (tertiary/aromatic N) is 2. The van der Waals surface area contributed by atoms with Gasteiger partial charge in [0.2, 0.25) is 0 Å². The standard InChI is InChI=1S/C17H27N3O/c1-14(2)20(15(3)4)11-10-19-13-16-5-7-17(8-6-16)21-12-9-18/h5-8,14-15,19H,10-13H2,1-4H3. The van der Waals surface area contributed by atoms with Gasteiger partial charge in [0.1, 0.15) is 11.8 Å². The van der Waals surface area contributed by atoms with Gasteiger partial charge in [0.15, 0.2) is 6.61 Å². The molecular formula is C17H27N3O. The maximum Gasteiger partial charge on any atom is 0.174 e. The van der Waals surface area contributed by atoms with E-state index in [1.165, 1.54) is 5.56 Å². The number of ether oxygens (including phenoxy) is 1. The van der Waals surface area contributed by atoms with Crippen molar-refractivity contribution in [3.05, 3.63) is 29.8 Å². The summed E-state index contributed by atoms with van der Waals surface area (Å²) in [6, 6.07) is 11.0. The Balaban J connectivity index is 2.31. The van der Waals surface area contributed by atoms with Crippen LogP contribution in [0.2, 0.25) is 0 Å². The summed E-state index contributed by atoms with van der Waals surface area (Å²) >= 11 is 0. The van der Waals surface area contributed by atoms with Crippen molar-refractivity contribution in [2.45, 2.75) is 46.3 Å². The molecule has 1 aromatic rings. The van der Waals surface area contributed by atoms with Crippen LogP contribution in [0.15, 0.2) is 24.3 Å². The number of rotatable bonds is 9. The van der Waals surface area contributed by atoms with Crippen LogP contribution in [0.5, 0.6) is 5.75 Å². The Bertz CT molecular complexity index is 426. The molecule has 0 amide bonds. The van der Waals surface area contributed by atoms with Crippen molar-refractivity contribution in [2.24, 2.45) is 0 Å². The molecule has 0 aromatic heterocycles. The molecule has 0 spiro atoms. The van der Waals surface area contributed by atoms with Gasteiger partial charge >= 0.3 is 0 Å². The molecule has 0 fully saturated rings. The van der Waals surface area contributed by atoms with Crippen LogP contribution < -0.4 is 10.1 Å². The largest absolute Gasteiger partial charge is 0.479 e. The molecule has 1 N–H and O–H groups in total. The second kappa shape index (κ2) is 9.38. The first kappa shape index (κ1) is 17.5. The molecular weight excluding hydrogens is 262 g/mol. The van der Waals surface area contributed by atoms with Crippen molar-refractivity contribution >= 4 is 0 Å². The van der Waals surface area contributed by atoms with Crippen molar-refractivity contribution in [1.29, 1.82) is 5.26 Å². The number of nitriles is 1. The van der Waals surface area contributed by atoms with E-state index in [0.29, 0.717) is 12.1 Å². The van der Waals surface area contributed by atoms with E-state index in [9.17, 15) is 0 Å². The predicted molar refractivity (Wildman–Crippen MR) is 86.2 cm³/mol. The van der Waals surface area contributed by atoms with E-state index in [1.807, 2.05) is 30.3 Å². The van der Waals surface area contributed by atoms with Gasteiger partial charge in [-0.3, -0.25) is 4.90 Å². The van der Waals surface area contributed by atoms with Crippen molar-refractivity contribution in [1.82, 2.24) is 10.2 Å². The quantitative estimate of drug-likeness (QED) is 0.710. The molecule has 0 aliphatic carbocycles. The molecule has 4 nitrogen and oxygen atoms in total. The topological polar surface area (TPSA) is 48.3 Å². The highest BCUT2D eigenvalue weighted by atomic mass is 16.5. The molecule has 0 bridgehead atoms. The van der Waals surface area contributed by atoms with Gasteiger partial charge in [-0.05, 0) is 45.4 Å². The molecule has 21 heavy (non-hydrogen) atoms. The van der Waals surface area contributed by atoms with Crippen LogP contribution in [0, 0.1) is 11.3 Å². The summed E-state index contributed by atoms with van der Waals surface area (Å²) in [5, 5.41) is 11.9. The lowest BCUT2D eigenvalue weighted by molar-refractivity contribution is 0.176. The van der Waals surface area contributed by atoms with Gasteiger partial charge in [-0.15, -0.1) is 0 Å². The molecule has 0 aliphatic heterocycles. The molecule has 1 rings (SSSR count). The molecule has 0 saturated carbocycles. The van der Waals surface area contributed by atoms with E-state index >= 15 is 0 Å². The highest BCUT2D eigenvalue weighted by Crippen LogP contribution is 2.11. The first-order valence-electron chi connectivity index (χ1n) is 7.59. The minimum absolute atomic E-state index is 0.0951. The average Bonchev–Trinajstić information content (AvgIpc) is 2.45. The summed E-state index contributed by atoms with van der Waals surface area (Å²) in [6.07, 6.45) is 0. The smallest absolute Gasteiger partial charge is 0.174 e. The molecule has 0 unspecified atom stereocenters. The zero-order valence-corrected chi connectivity index (χ0v) is 13.6. The van der Waals surface area contributed by atoms with Crippen LogP contribution in [-0.4, -0.2) is 36.7 Å². The zero-order chi connectivity index (χ0) is 15.7. The molecule has 0 atom stereocenters. The molecule has 0 heterocycles. The van der Waals surface area contributed by atoms with Gasteiger partial charge in [0.25, 0.3) is 0 Å². The lowest BCUT2D eigenvalue weighted by Crippen LogP contribution is -2.41. The summed E-state index contributed by atoms with van der Waals surface area (Å²) in [5.41, 5.74) is 1.22. The predicted octanol–water partition coefficient (Wildman–Crippen LogP) is 2.80. The molecule has 0 radical (unpaired) electrons. The van der Waals surface area contributed by atoms with E-state index < -0.39 is 0 Å². The van der Waals surface area contributed by atoms with Crippen LogP contribution in [-0.2, 0) is 6.54 Å². The number of nitrogens with one attached hydrogen (secondary N) is 1. The van der Waals surface area contributed by atoms with Gasteiger partial charge in [0.05, 0.1) is 0 Å². The first-order valence-corrected chi connectivity index (χ1v) is 7.59. The zero-order valence-electron chi connectivity index (χ0n) is 13.6. The Morgan fingerprint density at radius 3 is 2.29 bits per heavy atom. The summed E-state index contributed by atoms with van der Waals surface area (Å²) in [6.45, 7) is 11.9. The summed E-state index contributed by atoms with van der Waals surface area (Å²) in [7, 11) is 0. The fraction of sp³-hybridized carbons (Fsp3) is 0.588. The number of hydrogen-bond acceptors (Lipinski definition) is 4. The van der Waals surface area contributed by atoms with Gasteiger partial charge in [-0.1, -0.05) is 12.1 Å². The van der Waals surface area contributed by atoms with Gasteiger partial charge < -0.3 is 10.1 Å². The van der Waals surface area contributed by atoms with Crippen LogP contribution in [0.25, 0.3) is 0 Å². The third-order valence-electron chi connectivity index (χ3n) is 3.43. The van der Waals surface area contributed by atoms with Crippen LogP contribution in [0.1, 0.15) is 33.3 Å². The van der Waals surface area contributed by atoms with Crippen molar-refractivity contribution in [2.75, 3.05) is 19.7 Å².